The van der Waals surface area contributed by atoms with E-state index in [2.05, 4.69) is 49.0 Å². The number of unbranched alkanes of at least 4 members (excludes halogenated alkanes) is 1. The minimum atomic E-state index is -1.65. The van der Waals surface area contributed by atoms with Gasteiger partial charge in [-0.1, -0.05) is 35.7 Å². The number of esters is 1. The molecule has 126 valence electrons. The first-order chi connectivity index (χ1) is 9.40. The highest BCUT2D eigenvalue weighted by Gasteiger charge is 2.32. The maximum absolute atomic E-state index is 11.7. The zero-order chi connectivity index (χ0) is 16.7. The summed E-state index contributed by atoms with van der Waals surface area (Å²) in [6.45, 7) is 15.5. The molecule has 0 amide bonds. The van der Waals surface area contributed by atoms with Crippen molar-refractivity contribution in [1.82, 2.24) is 0 Å². The van der Waals surface area contributed by atoms with Crippen LogP contribution in [-0.2, 0) is 13.6 Å². The molecule has 0 saturated heterocycles. The van der Waals surface area contributed by atoms with Gasteiger partial charge in [0, 0.05) is 0 Å². The van der Waals surface area contributed by atoms with Gasteiger partial charge < -0.3 is 8.85 Å². The molecule has 0 N–H and O–H groups in total. The Balaban J connectivity index is 4.11. The molecule has 0 aromatic heterocycles. The van der Waals surface area contributed by atoms with E-state index in [9.17, 15) is 4.79 Å². The summed E-state index contributed by atoms with van der Waals surface area (Å²) in [5, 5.41) is 0. The molecule has 0 saturated carbocycles. The van der Waals surface area contributed by atoms with Crippen molar-refractivity contribution in [2.75, 3.05) is 6.61 Å². The standard InChI is InChI=1S/C15H33BrO3Si2/c1-8-9-12-20(4,5)19-21(6,7)13-10-11-18-14(17)15(2,3)16/h8-13H2,1-7H3. The summed E-state index contributed by atoms with van der Waals surface area (Å²) in [6, 6.07) is 2.29. The van der Waals surface area contributed by atoms with E-state index in [1.807, 2.05) is 0 Å². The van der Waals surface area contributed by atoms with Gasteiger partial charge in [0.15, 0.2) is 16.6 Å². The van der Waals surface area contributed by atoms with Crippen molar-refractivity contribution in [2.45, 2.75) is 82.6 Å². The number of hydrogen-bond donors (Lipinski definition) is 0. The number of alkyl halides is 1. The third-order valence-electron chi connectivity index (χ3n) is 3.33. The average molecular weight is 398 g/mol. The second-order valence-electron chi connectivity index (χ2n) is 7.44. The highest BCUT2D eigenvalue weighted by Crippen LogP contribution is 2.24. The first kappa shape index (κ1) is 21.3. The van der Waals surface area contributed by atoms with Crippen LogP contribution < -0.4 is 0 Å². The predicted molar refractivity (Wildman–Crippen MR) is 99.2 cm³/mol. The lowest BCUT2D eigenvalue weighted by atomic mass is 10.2. The van der Waals surface area contributed by atoms with E-state index in [-0.39, 0.29) is 5.97 Å². The molecule has 0 fully saturated rings. The first-order valence-electron chi connectivity index (χ1n) is 7.96. The van der Waals surface area contributed by atoms with Gasteiger partial charge >= 0.3 is 5.97 Å². The SMILES string of the molecule is CCCC[Si](C)(C)O[Si](C)(C)CCCOC(=O)C(C)(C)Br. The molecule has 0 aliphatic rings. The van der Waals surface area contributed by atoms with Crippen LogP contribution in [0.2, 0.25) is 38.3 Å². The number of ether oxygens (including phenoxy) is 1. The molecule has 0 heterocycles. The van der Waals surface area contributed by atoms with Crippen molar-refractivity contribution in [2.24, 2.45) is 0 Å². The zero-order valence-corrected chi connectivity index (χ0v) is 18.4. The number of rotatable bonds is 10. The van der Waals surface area contributed by atoms with Crippen molar-refractivity contribution in [3.8, 4) is 0 Å². The van der Waals surface area contributed by atoms with Crippen molar-refractivity contribution < 1.29 is 13.6 Å². The normalized spacial score (nSPS) is 13.3. The van der Waals surface area contributed by atoms with Crippen molar-refractivity contribution in [3.63, 3.8) is 0 Å². The van der Waals surface area contributed by atoms with Crippen LogP contribution in [0.3, 0.4) is 0 Å². The summed E-state index contributed by atoms with van der Waals surface area (Å²) < 4.78 is 11.2. The van der Waals surface area contributed by atoms with E-state index >= 15 is 0 Å². The van der Waals surface area contributed by atoms with Gasteiger partial charge in [-0.05, 0) is 58.5 Å². The van der Waals surface area contributed by atoms with Crippen LogP contribution in [0.15, 0.2) is 0 Å². The maximum atomic E-state index is 11.7. The molecular weight excluding hydrogens is 364 g/mol. The Morgan fingerprint density at radius 1 is 1.05 bits per heavy atom. The average Bonchev–Trinajstić information content (AvgIpc) is 2.29. The van der Waals surface area contributed by atoms with Gasteiger partial charge in [0.1, 0.15) is 4.32 Å². The molecular formula is C15H33BrO3Si2. The Morgan fingerprint density at radius 3 is 1.95 bits per heavy atom. The molecule has 0 radical (unpaired) electrons. The predicted octanol–water partition coefficient (Wildman–Crippen LogP) is 5.32. The van der Waals surface area contributed by atoms with Gasteiger partial charge in [-0.2, -0.15) is 0 Å². The van der Waals surface area contributed by atoms with Crippen molar-refractivity contribution in [1.29, 1.82) is 0 Å². The summed E-state index contributed by atoms with van der Waals surface area (Å²) in [4.78, 5) is 11.7. The molecule has 0 aromatic carbocycles. The summed E-state index contributed by atoms with van der Waals surface area (Å²) in [5.74, 6) is -0.194. The van der Waals surface area contributed by atoms with E-state index in [0.717, 1.165) is 12.5 Å². The van der Waals surface area contributed by atoms with Crippen LogP contribution in [0.4, 0.5) is 0 Å². The Hall–Kier alpha value is 0.344. The van der Waals surface area contributed by atoms with Crippen LogP contribution in [0.25, 0.3) is 0 Å². The fourth-order valence-electron chi connectivity index (χ4n) is 2.29. The molecule has 0 spiro atoms. The fraction of sp³-hybridized carbons (Fsp3) is 0.933. The van der Waals surface area contributed by atoms with Crippen LogP contribution >= 0.6 is 15.9 Å². The van der Waals surface area contributed by atoms with Gasteiger partial charge in [0.2, 0.25) is 0 Å². The summed E-state index contributed by atoms with van der Waals surface area (Å²) in [6.07, 6.45) is 3.40. The second-order valence-corrected chi connectivity index (χ2v) is 18.3. The van der Waals surface area contributed by atoms with E-state index in [4.69, 9.17) is 8.85 Å². The zero-order valence-electron chi connectivity index (χ0n) is 14.8. The highest BCUT2D eigenvalue weighted by molar-refractivity contribution is 9.10. The molecule has 21 heavy (non-hydrogen) atoms. The number of carbonyl (C=O) groups excluding carboxylic acids is 1. The topological polar surface area (TPSA) is 35.5 Å². The molecule has 0 bridgehead atoms. The smallest absolute Gasteiger partial charge is 0.322 e. The van der Waals surface area contributed by atoms with Crippen molar-refractivity contribution >= 4 is 38.5 Å². The molecule has 0 aromatic rings. The number of hydrogen-bond acceptors (Lipinski definition) is 3. The van der Waals surface area contributed by atoms with Crippen molar-refractivity contribution in [3.05, 3.63) is 0 Å². The Kier molecular flexibility index (Phi) is 8.99. The van der Waals surface area contributed by atoms with Gasteiger partial charge in [-0.15, -0.1) is 0 Å². The fourth-order valence-corrected chi connectivity index (χ4v) is 11.4. The van der Waals surface area contributed by atoms with Crippen LogP contribution in [-0.4, -0.2) is 33.5 Å². The van der Waals surface area contributed by atoms with E-state index in [1.54, 1.807) is 13.8 Å². The second kappa shape index (κ2) is 8.84. The molecule has 3 nitrogen and oxygen atoms in total. The summed E-state index contributed by atoms with van der Waals surface area (Å²) >= 11 is 3.31. The summed E-state index contributed by atoms with van der Waals surface area (Å²) in [5.41, 5.74) is 0. The molecule has 0 aliphatic carbocycles. The van der Waals surface area contributed by atoms with E-state index in [0.29, 0.717) is 6.61 Å². The van der Waals surface area contributed by atoms with E-state index in [1.165, 1.54) is 18.9 Å². The Labute approximate surface area is 141 Å². The summed E-state index contributed by atoms with van der Waals surface area (Å²) in [7, 11) is -3.17. The highest BCUT2D eigenvalue weighted by atomic mass is 79.9. The Bertz CT molecular complexity index is 325. The Morgan fingerprint density at radius 2 is 1.52 bits per heavy atom. The van der Waals surface area contributed by atoms with Gasteiger partial charge in [-0.25, -0.2) is 0 Å². The van der Waals surface area contributed by atoms with Crippen LogP contribution in [0.1, 0.15) is 40.0 Å². The molecule has 0 unspecified atom stereocenters. The van der Waals surface area contributed by atoms with Gasteiger partial charge in [0.25, 0.3) is 0 Å². The quantitative estimate of drug-likeness (QED) is 0.217. The third kappa shape index (κ3) is 10.7. The first-order valence-corrected chi connectivity index (χ1v) is 15.0. The molecule has 0 aliphatic heterocycles. The van der Waals surface area contributed by atoms with E-state index < -0.39 is 21.0 Å². The minimum absolute atomic E-state index is 0.194. The molecule has 0 atom stereocenters. The number of halogens is 1. The largest absolute Gasteiger partial charge is 0.465 e. The monoisotopic (exact) mass is 396 g/mol. The lowest BCUT2D eigenvalue weighted by Crippen LogP contribution is -2.44. The van der Waals surface area contributed by atoms with Gasteiger partial charge in [0.05, 0.1) is 6.61 Å². The lowest BCUT2D eigenvalue weighted by Gasteiger charge is -2.34. The maximum Gasteiger partial charge on any atom is 0.322 e. The third-order valence-corrected chi connectivity index (χ3v) is 11.2. The van der Waals surface area contributed by atoms with Gasteiger partial charge in [-0.3, -0.25) is 4.79 Å². The van der Waals surface area contributed by atoms with Crippen LogP contribution in [0.5, 0.6) is 0 Å². The minimum Gasteiger partial charge on any atom is -0.465 e. The number of carbonyl (C=O) groups is 1. The molecule has 0 rings (SSSR count). The lowest BCUT2D eigenvalue weighted by molar-refractivity contribution is -0.145. The molecule has 6 heteroatoms. The van der Waals surface area contributed by atoms with Crippen LogP contribution in [0, 0.1) is 0 Å².